The van der Waals surface area contributed by atoms with E-state index in [1.807, 2.05) is 0 Å². The van der Waals surface area contributed by atoms with E-state index in [4.69, 9.17) is 4.99 Å². The molecule has 0 spiro atoms. The van der Waals surface area contributed by atoms with E-state index >= 15 is 0 Å². The van der Waals surface area contributed by atoms with E-state index in [0.29, 0.717) is 0 Å². The molecule has 7 aromatic carbocycles. The third-order valence-electron chi connectivity index (χ3n) is 10.4. The van der Waals surface area contributed by atoms with Gasteiger partial charge >= 0.3 is 0 Å². The minimum absolute atomic E-state index is 0.0764. The fourth-order valence-electron chi connectivity index (χ4n) is 7.77. The van der Waals surface area contributed by atoms with Crippen LogP contribution in [0, 0.1) is 0 Å². The highest BCUT2D eigenvalue weighted by molar-refractivity contribution is 6.14. The maximum atomic E-state index is 5.37. The van der Waals surface area contributed by atoms with Gasteiger partial charge in [-0.05, 0) is 81.4 Å². The summed E-state index contributed by atoms with van der Waals surface area (Å²) in [4.78, 5) is 5.37. The van der Waals surface area contributed by atoms with Gasteiger partial charge in [-0.25, -0.2) is 4.99 Å². The average molecular weight is 678 g/mol. The van der Waals surface area contributed by atoms with Crippen LogP contribution in [0.25, 0.3) is 66.7 Å². The normalized spacial score (nSPS) is 15.2. The Labute approximate surface area is 309 Å². The second-order valence-electron chi connectivity index (χ2n) is 13.6. The topological polar surface area (TPSA) is 29.3 Å². The Bertz CT molecular complexity index is 2750. The smallest absolute Gasteiger partial charge is 0.0944 e. The zero-order chi connectivity index (χ0) is 35.1. The van der Waals surface area contributed by atoms with Crippen molar-refractivity contribution in [3.63, 3.8) is 0 Å². The van der Waals surface area contributed by atoms with Crippen LogP contribution < -0.4 is 5.32 Å². The molecule has 1 atom stereocenters. The van der Waals surface area contributed by atoms with E-state index in [1.165, 1.54) is 55.2 Å². The summed E-state index contributed by atoms with van der Waals surface area (Å²) in [5.74, 6) is 0. The number of allylic oxidation sites excluding steroid dienone is 2. The van der Waals surface area contributed by atoms with Gasteiger partial charge in [0.2, 0.25) is 0 Å². The third kappa shape index (κ3) is 5.60. The predicted octanol–water partition coefficient (Wildman–Crippen LogP) is 12.0. The van der Waals surface area contributed by atoms with E-state index in [0.717, 1.165) is 33.9 Å². The molecule has 1 aromatic heterocycles. The average Bonchev–Trinajstić information content (AvgIpc) is 3.58. The molecule has 250 valence electrons. The number of fused-ring (bicyclic) bond motifs is 4. The Morgan fingerprint density at radius 3 is 1.64 bits per heavy atom. The third-order valence-corrected chi connectivity index (χ3v) is 10.4. The van der Waals surface area contributed by atoms with Crippen molar-refractivity contribution < 1.29 is 0 Å². The lowest BCUT2D eigenvalue weighted by Gasteiger charge is -2.29. The van der Waals surface area contributed by atoms with Crippen molar-refractivity contribution >= 4 is 44.5 Å². The van der Waals surface area contributed by atoms with Crippen LogP contribution in [-0.2, 0) is 0 Å². The van der Waals surface area contributed by atoms with Crippen molar-refractivity contribution in [2.24, 2.45) is 4.99 Å². The highest BCUT2D eigenvalue weighted by Crippen LogP contribution is 2.37. The molecular formula is C50H35N3. The zero-order valence-corrected chi connectivity index (χ0v) is 29.0. The van der Waals surface area contributed by atoms with Crippen LogP contribution in [0.5, 0.6) is 0 Å². The molecule has 1 N–H and O–H groups in total. The van der Waals surface area contributed by atoms with Crippen LogP contribution in [-0.4, -0.2) is 16.3 Å². The number of hydrogen-bond acceptors (Lipinski definition) is 2. The highest BCUT2D eigenvalue weighted by Gasteiger charge is 2.26. The molecule has 0 bridgehead atoms. The summed E-state index contributed by atoms with van der Waals surface area (Å²) in [5, 5.41) is 6.43. The van der Waals surface area contributed by atoms with Gasteiger partial charge in [-0.15, -0.1) is 0 Å². The second-order valence-corrected chi connectivity index (χ2v) is 13.6. The van der Waals surface area contributed by atoms with Gasteiger partial charge in [0.25, 0.3) is 0 Å². The summed E-state index contributed by atoms with van der Waals surface area (Å²) >= 11 is 0. The van der Waals surface area contributed by atoms with Crippen LogP contribution in [0.15, 0.2) is 205 Å². The number of hydrogen-bond donors (Lipinski definition) is 1. The number of nitrogens with one attached hydrogen (secondary N) is 1. The molecule has 0 amide bonds. The first-order chi connectivity index (χ1) is 26.3. The van der Waals surface area contributed by atoms with E-state index < -0.39 is 0 Å². The van der Waals surface area contributed by atoms with E-state index in [1.54, 1.807) is 0 Å². The van der Waals surface area contributed by atoms with Crippen LogP contribution >= 0.6 is 0 Å². The molecule has 3 nitrogen and oxygen atoms in total. The zero-order valence-electron chi connectivity index (χ0n) is 29.0. The fourth-order valence-corrected chi connectivity index (χ4v) is 7.77. The molecule has 1 aliphatic carbocycles. The van der Waals surface area contributed by atoms with Crippen molar-refractivity contribution in [1.82, 2.24) is 9.88 Å². The standard InChI is InChI=1S/C50H35N3/c1-4-12-34(13-5-1)36-20-24-38(25-21-36)49-50(39-26-22-37(23-27-39)35-14-6-2-7-15-35)52-46-33-41(28-30-45(46)51-49)40-29-31-48-44(32-40)43-18-10-11-19-47(43)53(48)42-16-8-3-9-17-42/h1-33,46,52H. The maximum absolute atomic E-state index is 5.37. The van der Waals surface area contributed by atoms with Gasteiger partial charge in [0, 0.05) is 22.0 Å². The summed E-state index contributed by atoms with van der Waals surface area (Å²) in [7, 11) is 0. The molecule has 2 aliphatic rings. The Balaban J connectivity index is 1.04. The Kier molecular flexibility index (Phi) is 7.54. The molecular weight excluding hydrogens is 643 g/mol. The minimum atomic E-state index is -0.0764. The van der Waals surface area contributed by atoms with Crippen LogP contribution in [0.2, 0.25) is 0 Å². The molecule has 0 radical (unpaired) electrons. The SMILES string of the molecule is C1=CC2=NC(c3ccc(-c4ccccc4)cc3)=C(c3ccc(-c4ccccc4)cc3)NC2C=C1c1ccc2c(c1)c1ccccc1n2-c1ccccc1. The van der Waals surface area contributed by atoms with Crippen LogP contribution in [0.4, 0.5) is 0 Å². The number of para-hydroxylation sites is 2. The van der Waals surface area contributed by atoms with Crippen LogP contribution in [0.3, 0.4) is 0 Å². The first-order valence-corrected chi connectivity index (χ1v) is 18.2. The number of rotatable bonds is 6. The predicted molar refractivity (Wildman–Crippen MR) is 223 cm³/mol. The molecule has 2 heterocycles. The van der Waals surface area contributed by atoms with Gasteiger partial charge < -0.3 is 9.88 Å². The fraction of sp³-hybridized carbons (Fsp3) is 0.0200. The summed E-state index contributed by atoms with van der Waals surface area (Å²) in [5.41, 5.74) is 15.9. The lowest BCUT2D eigenvalue weighted by Crippen LogP contribution is -2.37. The number of aliphatic imine (C=N–C) groups is 1. The molecule has 3 heteroatoms. The lowest BCUT2D eigenvalue weighted by atomic mass is 9.91. The molecule has 8 aromatic rings. The Morgan fingerprint density at radius 1 is 0.434 bits per heavy atom. The van der Waals surface area contributed by atoms with Gasteiger partial charge in [-0.2, -0.15) is 0 Å². The van der Waals surface area contributed by atoms with Crippen molar-refractivity contribution in [1.29, 1.82) is 0 Å². The first-order valence-electron chi connectivity index (χ1n) is 18.2. The van der Waals surface area contributed by atoms with Crippen molar-refractivity contribution in [3.8, 4) is 27.9 Å². The lowest BCUT2D eigenvalue weighted by molar-refractivity contribution is 0.884. The van der Waals surface area contributed by atoms with Gasteiger partial charge in [0.1, 0.15) is 0 Å². The highest BCUT2D eigenvalue weighted by atomic mass is 15.0. The molecule has 1 unspecified atom stereocenters. The van der Waals surface area contributed by atoms with Crippen LogP contribution in [0.1, 0.15) is 16.7 Å². The molecule has 10 rings (SSSR count). The summed E-state index contributed by atoms with van der Waals surface area (Å²) in [6.45, 7) is 0. The van der Waals surface area contributed by atoms with Gasteiger partial charge in [0.05, 0.1) is 34.2 Å². The molecule has 0 saturated carbocycles. The van der Waals surface area contributed by atoms with Crippen molar-refractivity contribution in [2.75, 3.05) is 0 Å². The molecule has 0 fully saturated rings. The molecule has 53 heavy (non-hydrogen) atoms. The van der Waals surface area contributed by atoms with Gasteiger partial charge in [0.15, 0.2) is 0 Å². The summed E-state index contributed by atoms with van der Waals surface area (Å²) in [6, 6.07) is 64.8. The summed E-state index contributed by atoms with van der Waals surface area (Å²) < 4.78 is 2.36. The van der Waals surface area contributed by atoms with E-state index in [2.05, 4.69) is 210 Å². The van der Waals surface area contributed by atoms with Gasteiger partial charge in [-0.3, -0.25) is 0 Å². The number of benzene rings is 7. The monoisotopic (exact) mass is 677 g/mol. The van der Waals surface area contributed by atoms with Crippen molar-refractivity contribution in [3.05, 3.63) is 217 Å². The van der Waals surface area contributed by atoms with Crippen molar-refractivity contribution in [2.45, 2.75) is 6.04 Å². The Morgan fingerprint density at radius 2 is 0.962 bits per heavy atom. The summed E-state index contributed by atoms with van der Waals surface area (Å²) in [6.07, 6.45) is 6.71. The maximum Gasteiger partial charge on any atom is 0.0944 e. The number of nitrogens with zero attached hydrogens (tertiary/aromatic N) is 2. The Hall–Kier alpha value is -6.97. The second kappa shape index (κ2) is 13.0. The number of aromatic nitrogens is 1. The molecule has 0 saturated heterocycles. The largest absolute Gasteiger partial charge is 0.371 e. The molecule has 1 aliphatic heterocycles. The van der Waals surface area contributed by atoms with E-state index in [9.17, 15) is 0 Å². The quantitative estimate of drug-likeness (QED) is 0.186. The van der Waals surface area contributed by atoms with E-state index in [-0.39, 0.29) is 6.04 Å². The first kappa shape index (κ1) is 30.8. The van der Waals surface area contributed by atoms with Gasteiger partial charge in [-0.1, -0.05) is 158 Å². The minimum Gasteiger partial charge on any atom is -0.371 e.